The Bertz CT molecular complexity index is 141. The minimum absolute atomic E-state index is 0.270. The van der Waals surface area contributed by atoms with Crippen LogP contribution in [-0.2, 0) is 9.74 Å². The lowest BCUT2D eigenvalue weighted by Crippen LogP contribution is -1.85. The molecule has 0 radical (unpaired) electrons. The van der Waals surface area contributed by atoms with Gasteiger partial charge >= 0.3 is 5.97 Å². The number of carbonyl (C=O) groups is 1. The molecule has 0 atom stereocenters. The standard InChI is InChI=1S/C8H17FO.C3H4O2/c1-2-3-4-5-6-7-8-10-9;1-2-3(4)5/h2-8H2,1H3;2H,1H2,(H,4,5). The first-order valence-electron chi connectivity index (χ1n) is 5.27. The highest BCUT2D eigenvalue weighted by Crippen LogP contribution is 2.04. The summed E-state index contributed by atoms with van der Waals surface area (Å²) in [7, 11) is 0. The molecular weight excluding hydrogens is 199 g/mol. The zero-order valence-electron chi connectivity index (χ0n) is 9.38. The fourth-order valence-electron chi connectivity index (χ4n) is 0.937. The fourth-order valence-corrected chi connectivity index (χ4v) is 0.937. The topological polar surface area (TPSA) is 46.5 Å². The number of hydrogen-bond donors (Lipinski definition) is 1. The van der Waals surface area contributed by atoms with Crippen molar-refractivity contribution < 1.29 is 19.4 Å². The summed E-state index contributed by atoms with van der Waals surface area (Å²) in [5, 5.41) is 7.60. The molecule has 0 heterocycles. The van der Waals surface area contributed by atoms with E-state index in [1.807, 2.05) is 0 Å². The second kappa shape index (κ2) is 15.6. The third kappa shape index (κ3) is 24.6. The first-order chi connectivity index (χ1) is 7.18. The summed E-state index contributed by atoms with van der Waals surface area (Å²) in [6.07, 6.45) is 7.86. The van der Waals surface area contributed by atoms with E-state index in [4.69, 9.17) is 5.11 Å². The molecule has 3 nitrogen and oxygen atoms in total. The van der Waals surface area contributed by atoms with Gasteiger partial charge in [0.05, 0.1) is 6.61 Å². The Labute approximate surface area is 90.8 Å². The van der Waals surface area contributed by atoms with E-state index < -0.39 is 5.97 Å². The molecule has 0 rings (SSSR count). The average molecular weight is 220 g/mol. The van der Waals surface area contributed by atoms with Crippen molar-refractivity contribution in [3.8, 4) is 0 Å². The van der Waals surface area contributed by atoms with Gasteiger partial charge in [-0.2, -0.15) is 4.94 Å². The van der Waals surface area contributed by atoms with Crippen molar-refractivity contribution in [2.24, 2.45) is 0 Å². The molecule has 0 fully saturated rings. The maximum atomic E-state index is 11.1. The van der Waals surface area contributed by atoms with E-state index in [-0.39, 0.29) is 6.61 Å². The van der Waals surface area contributed by atoms with Gasteiger partial charge in [-0.15, -0.1) is 0 Å². The number of rotatable bonds is 8. The van der Waals surface area contributed by atoms with Crippen LogP contribution in [0, 0.1) is 0 Å². The summed E-state index contributed by atoms with van der Waals surface area (Å²) < 4.78 is 11.1. The summed E-state index contributed by atoms with van der Waals surface area (Å²) >= 11 is 0. The van der Waals surface area contributed by atoms with E-state index in [0.29, 0.717) is 0 Å². The Morgan fingerprint density at radius 3 is 2.20 bits per heavy atom. The quantitative estimate of drug-likeness (QED) is 0.503. The van der Waals surface area contributed by atoms with Crippen molar-refractivity contribution in [3.05, 3.63) is 12.7 Å². The monoisotopic (exact) mass is 220 g/mol. The van der Waals surface area contributed by atoms with Crippen molar-refractivity contribution in [3.63, 3.8) is 0 Å². The molecule has 4 heteroatoms. The predicted octanol–water partition coefficient (Wildman–Crippen LogP) is 3.51. The number of unbranched alkanes of at least 4 members (excludes halogenated alkanes) is 5. The highest BCUT2D eigenvalue weighted by atomic mass is 19.3. The normalized spacial score (nSPS) is 8.93. The van der Waals surface area contributed by atoms with Crippen LogP contribution in [0.15, 0.2) is 12.7 Å². The first-order valence-corrected chi connectivity index (χ1v) is 5.27. The van der Waals surface area contributed by atoms with Gasteiger partial charge in [0.2, 0.25) is 0 Å². The second-order valence-corrected chi connectivity index (χ2v) is 3.12. The van der Waals surface area contributed by atoms with Crippen LogP contribution in [0.25, 0.3) is 0 Å². The van der Waals surface area contributed by atoms with E-state index in [0.717, 1.165) is 18.9 Å². The number of halogens is 1. The van der Waals surface area contributed by atoms with E-state index in [9.17, 15) is 9.32 Å². The molecule has 0 amide bonds. The molecule has 0 bridgehead atoms. The molecule has 90 valence electrons. The van der Waals surface area contributed by atoms with Gasteiger partial charge in [0, 0.05) is 6.08 Å². The van der Waals surface area contributed by atoms with Crippen LogP contribution >= 0.6 is 0 Å². The van der Waals surface area contributed by atoms with Crippen LogP contribution in [0.2, 0.25) is 0 Å². The highest BCUT2D eigenvalue weighted by molar-refractivity contribution is 5.78. The second-order valence-electron chi connectivity index (χ2n) is 3.12. The first kappa shape index (κ1) is 16.5. The number of carboxylic acid groups (broad SMARTS) is 1. The van der Waals surface area contributed by atoms with Gasteiger partial charge in [0.15, 0.2) is 0 Å². The van der Waals surface area contributed by atoms with E-state index in [2.05, 4.69) is 18.4 Å². The third-order valence-corrected chi connectivity index (χ3v) is 1.75. The molecule has 0 aromatic heterocycles. The van der Waals surface area contributed by atoms with Crippen LogP contribution in [0.3, 0.4) is 0 Å². The van der Waals surface area contributed by atoms with Crippen molar-refractivity contribution >= 4 is 5.97 Å². The lowest BCUT2D eigenvalue weighted by Gasteiger charge is -1.96. The molecule has 0 aliphatic rings. The number of carboxylic acids is 1. The fraction of sp³-hybridized carbons (Fsp3) is 0.727. The minimum Gasteiger partial charge on any atom is -0.478 e. The Hall–Kier alpha value is -0.900. The van der Waals surface area contributed by atoms with Gasteiger partial charge in [-0.25, -0.2) is 4.79 Å². The Morgan fingerprint density at radius 2 is 1.80 bits per heavy atom. The van der Waals surface area contributed by atoms with Gasteiger partial charge in [-0.1, -0.05) is 45.6 Å². The molecule has 0 unspecified atom stereocenters. The molecular formula is C11H21FO3. The zero-order valence-corrected chi connectivity index (χ0v) is 9.38. The summed E-state index contributed by atoms with van der Waals surface area (Å²) in [5.41, 5.74) is 0. The number of hydrogen-bond acceptors (Lipinski definition) is 2. The van der Waals surface area contributed by atoms with Crippen LogP contribution in [0.5, 0.6) is 0 Å². The van der Waals surface area contributed by atoms with Crippen LogP contribution in [0.4, 0.5) is 4.53 Å². The molecule has 0 aromatic rings. The Balaban J connectivity index is 0. The van der Waals surface area contributed by atoms with Gasteiger partial charge in [-0.05, 0) is 10.9 Å². The van der Waals surface area contributed by atoms with Gasteiger partial charge in [0.1, 0.15) is 0 Å². The smallest absolute Gasteiger partial charge is 0.327 e. The lowest BCUT2D eigenvalue weighted by molar-refractivity contribution is -0.133. The Kier molecular flexibility index (Phi) is 17.2. The van der Waals surface area contributed by atoms with Crippen LogP contribution < -0.4 is 0 Å². The lowest BCUT2D eigenvalue weighted by atomic mass is 10.1. The zero-order chi connectivity index (χ0) is 11.9. The molecule has 0 saturated heterocycles. The van der Waals surface area contributed by atoms with Crippen molar-refractivity contribution in [2.75, 3.05) is 6.61 Å². The summed E-state index contributed by atoms with van der Waals surface area (Å²) in [4.78, 5) is 12.7. The predicted molar refractivity (Wildman–Crippen MR) is 58.3 cm³/mol. The van der Waals surface area contributed by atoms with Gasteiger partial charge in [0.25, 0.3) is 0 Å². The average Bonchev–Trinajstić information content (AvgIpc) is 2.24. The summed E-state index contributed by atoms with van der Waals surface area (Å²) in [6, 6.07) is 0. The molecule has 0 aliphatic carbocycles. The van der Waals surface area contributed by atoms with Crippen molar-refractivity contribution in [1.29, 1.82) is 0 Å². The maximum Gasteiger partial charge on any atom is 0.327 e. The van der Waals surface area contributed by atoms with Crippen molar-refractivity contribution in [1.82, 2.24) is 0 Å². The maximum absolute atomic E-state index is 11.1. The van der Waals surface area contributed by atoms with Gasteiger partial charge < -0.3 is 5.11 Å². The third-order valence-electron chi connectivity index (χ3n) is 1.75. The molecule has 0 saturated carbocycles. The van der Waals surface area contributed by atoms with E-state index in [1.54, 1.807) is 0 Å². The highest BCUT2D eigenvalue weighted by Gasteiger charge is 1.89. The van der Waals surface area contributed by atoms with Crippen LogP contribution in [0.1, 0.15) is 45.4 Å². The van der Waals surface area contributed by atoms with E-state index in [1.165, 1.54) is 25.7 Å². The molecule has 1 N–H and O–H groups in total. The Morgan fingerprint density at radius 1 is 1.33 bits per heavy atom. The van der Waals surface area contributed by atoms with E-state index >= 15 is 0 Å². The molecule has 15 heavy (non-hydrogen) atoms. The summed E-state index contributed by atoms with van der Waals surface area (Å²) in [5.74, 6) is -0.981. The van der Waals surface area contributed by atoms with Crippen molar-refractivity contribution in [2.45, 2.75) is 45.4 Å². The van der Waals surface area contributed by atoms with Gasteiger partial charge in [-0.3, -0.25) is 0 Å². The summed E-state index contributed by atoms with van der Waals surface area (Å²) in [6.45, 7) is 5.42. The van der Waals surface area contributed by atoms with Crippen LogP contribution in [-0.4, -0.2) is 17.7 Å². The molecule has 0 aliphatic heterocycles. The number of aliphatic carboxylic acids is 1. The SMILES string of the molecule is C=CC(=O)O.CCCCCCCCOF. The molecule has 0 spiro atoms. The largest absolute Gasteiger partial charge is 0.478 e. The molecule has 0 aromatic carbocycles. The minimum atomic E-state index is -0.981.